The Labute approximate surface area is 125 Å². The van der Waals surface area contributed by atoms with Crippen molar-refractivity contribution in [3.05, 3.63) is 33.8 Å². The average Bonchev–Trinajstić information content (AvgIpc) is 2.28. The standard InChI is InChI=1S/C11H13BrCl2O3S/c1-3-18(16,17)11(2,12)10(15)8-5-4-7(13)6-9(8)14/h4-6,10,15H,3H2,1-2H3/t10-,11-/m0/s1. The summed E-state index contributed by atoms with van der Waals surface area (Å²) < 4.78 is 22.4. The maximum atomic E-state index is 11.9. The summed E-state index contributed by atoms with van der Waals surface area (Å²) in [6, 6.07) is 4.52. The number of benzene rings is 1. The van der Waals surface area contributed by atoms with E-state index < -0.39 is 19.6 Å². The molecular weight excluding hydrogens is 363 g/mol. The fraction of sp³-hybridized carbons (Fsp3) is 0.455. The number of aliphatic hydroxyl groups is 1. The van der Waals surface area contributed by atoms with E-state index in [1.54, 1.807) is 6.07 Å². The van der Waals surface area contributed by atoms with Crippen molar-refractivity contribution in [2.45, 2.75) is 23.6 Å². The second-order valence-corrected chi connectivity index (χ2v) is 9.63. The molecule has 0 radical (unpaired) electrons. The molecule has 0 unspecified atom stereocenters. The van der Waals surface area contributed by atoms with E-state index in [4.69, 9.17) is 23.2 Å². The molecule has 7 heteroatoms. The number of rotatable bonds is 4. The summed E-state index contributed by atoms with van der Waals surface area (Å²) in [7, 11) is -3.50. The van der Waals surface area contributed by atoms with Gasteiger partial charge >= 0.3 is 0 Å². The van der Waals surface area contributed by atoms with E-state index >= 15 is 0 Å². The fourth-order valence-electron chi connectivity index (χ4n) is 1.45. The molecule has 0 amide bonds. The molecule has 3 nitrogen and oxygen atoms in total. The predicted octanol–water partition coefficient (Wildman–Crippen LogP) is 3.57. The van der Waals surface area contributed by atoms with E-state index in [-0.39, 0.29) is 10.8 Å². The molecule has 18 heavy (non-hydrogen) atoms. The van der Waals surface area contributed by atoms with Gasteiger partial charge < -0.3 is 5.11 Å². The van der Waals surface area contributed by atoms with E-state index in [2.05, 4.69) is 15.9 Å². The summed E-state index contributed by atoms with van der Waals surface area (Å²) in [6.07, 6.45) is -1.28. The quantitative estimate of drug-likeness (QED) is 0.818. The summed E-state index contributed by atoms with van der Waals surface area (Å²) in [4.78, 5) is 0. The molecule has 0 saturated heterocycles. The Bertz CT molecular complexity index is 543. The highest BCUT2D eigenvalue weighted by Crippen LogP contribution is 2.41. The van der Waals surface area contributed by atoms with Crippen LogP contribution in [0.15, 0.2) is 18.2 Å². The van der Waals surface area contributed by atoms with Gasteiger partial charge in [-0.3, -0.25) is 0 Å². The lowest BCUT2D eigenvalue weighted by atomic mass is 10.1. The van der Waals surface area contributed by atoms with Gasteiger partial charge in [-0.2, -0.15) is 0 Å². The molecular formula is C11H13BrCl2O3S. The lowest BCUT2D eigenvalue weighted by molar-refractivity contribution is 0.167. The molecule has 1 rings (SSSR count). The fourth-order valence-corrected chi connectivity index (χ4v) is 3.93. The van der Waals surface area contributed by atoms with Crippen molar-refractivity contribution >= 4 is 49.0 Å². The monoisotopic (exact) mass is 374 g/mol. The predicted molar refractivity (Wildman–Crippen MR) is 78.2 cm³/mol. The number of alkyl halides is 1. The second-order valence-electron chi connectivity index (χ2n) is 3.96. The lowest BCUT2D eigenvalue weighted by Crippen LogP contribution is -2.36. The van der Waals surface area contributed by atoms with Gasteiger partial charge in [0.2, 0.25) is 0 Å². The van der Waals surface area contributed by atoms with Crippen molar-refractivity contribution in [2.24, 2.45) is 0 Å². The third-order valence-corrected chi connectivity index (χ3v) is 7.41. The van der Waals surface area contributed by atoms with Gasteiger partial charge in [0.1, 0.15) is 6.10 Å². The summed E-state index contributed by atoms with van der Waals surface area (Å²) >= 11 is 14.8. The maximum Gasteiger partial charge on any atom is 0.168 e. The minimum Gasteiger partial charge on any atom is -0.386 e. The highest BCUT2D eigenvalue weighted by Gasteiger charge is 2.43. The Morgan fingerprint density at radius 1 is 1.44 bits per heavy atom. The van der Waals surface area contributed by atoms with Crippen LogP contribution in [0, 0.1) is 0 Å². The Morgan fingerprint density at radius 3 is 2.44 bits per heavy atom. The molecule has 0 aromatic heterocycles. The molecule has 1 aromatic carbocycles. The first kappa shape index (κ1) is 16.2. The molecule has 0 aliphatic rings. The van der Waals surface area contributed by atoms with Crippen molar-refractivity contribution in [2.75, 3.05) is 5.75 Å². The molecule has 0 aliphatic carbocycles. The van der Waals surface area contributed by atoms with Crippen LogP contribution in [0.3, 0.4) is 0 Å². The Morgan fingerprint density at radius 2 is 2.00 bits per heavy atom. The third-order valence-electron chi connectivity index (χ3n) is 2.73. The summed E-state index contributed by atoms with van der Waals surface area (Å²) in [5.41, 5.74) is 0.317. The molecule has 0 saturated carbocycles. The zero-order valence-electron chi connectivity index (χ0n) is 9.82. The molecule has 102 valence electrons. The second kappa shape index (κ2) is 5.67. The van der Waals surface area contributed by atoms with Crippen LogP contribution in [0.2, 0.25) is 10.0 Å². The van der Waals surface area contributed by atoms with Gasteiger partial charge in [0.05, 0.1) is 0 Å². The summed E-state index contributed by atoms with van der Waals surface area (Å²) in [5, 5.41) is 10.9. The smallest absolute Gasteiger partial charge is 0.168 e. The van der Waals surface area contributed by atoms with Gasteiger partial charge in [0.25, 0.3) is 0 Å². The van der Waals surface area contributed by atoms with E-state index in [0.29, 0.717) is 10.6 Å². The molecule has 2 atom stereocenters. The van der Waals surface area contributed by atoms with Crippen LogP contribution in [0.5, 0.6) is 0 Å². The van der Waals surface area contributed by atoms with E-state index in [0.717, 1.165) is 0 Å². The van der Waals surface area contributed by atoms with Crippen LogP contribution < -0.4 is 0 Å². The van der Waals surface area contributed by atoms with Crippen molar-refractivity contribution in [3.63, 3.8) is 0 Å². The van der Waals surface area contributed by atoms with Gasteiger partial charge in [0, 0.05) is 21.4 Å². The Kier molecular flexibility index (Phi) is 5.12. The topological polar surface area (TPSA) is 54.4 Å². The summed E-state index contributed by atoms with van der Waals surface area (Å²) in [6.45, 7) is 2.92. The normalized spacial score (nSPS) is 17.2. The number of aliphatic hydroxyl groups excluding tert-OH is 1. The van der Waals surface area contributed by atoms with E-state index in [9.17, 15) is 13.5 Å². The minimum atomic E-state index is -3.50. The average molecular weight is 376 g/mol. The Hall–Kier alpha value is 0.190. The van der Waals surface area contributed by atoms with Crippen LogP contribution in [0.25, 0.3) is 0 Å². The third kappa shape index (κ3) is 3.02. The van der Waals surface area contributed by atoms with Crippen molar-refractivity contribution in [1.82, 2.24) is 0 Å². The molecule has 0 heterocycles. The van der Waals surface area contributed by atoms with E-state index in [1.807, 2.05) is 0 Å². The van der Waals surface area contributed by atoms with Crippen LogP contribution in [0.1, 0.15) is 25.5 Å². The first-order valence-corrected chi connectivity index (χ1v) is 8.37. The maximum absolute atomic E-state index is 11.9. The zero-order chi connectivity index (χ0) is 14.1. The Balaban J connectivity index is 3.26. The number of halogens is 3. The molecule has 1 aromatic rings. The van der Waals surface area contributed by atoms with Crippen LogP contribution in [-0.4, -0.2) is 22.9 Å². The van der Waals surface area contributed by atoms with Gasteiger partial charge in [-0.15, -0.1) is 0 Å². The minimum absolute atomic E-state index is 0.0863. The zero-order valence-corrected chi connectivity index (χ0v) is 13.7. The van der Waals surface area contributed by atoms with Gasteiger partial charge in [-0.25, -0.2) is 8.42 Å². The first-order chi connectivity index (χ1) is 8.13. The van der Waals surface area contributed by atoms with Crippen molar-refractivity contribution in [3.8, 4) is 0 Å². The van der Waals surface area contributed by atoms with E-state index in [1.165, 1.54) is 26.0 Å². The molecule has 0 aliphatic heterocycles. The SMILES string of the molecule is CCS(=O)(=O)[C@](C)(Br)[C@@H](O)c1ccc(Cl)cc1Cl. The largest absolute Gasteiger partial charge is 0.386 e. The van der Waals surface area contributed by atoms with Crippen molar-refractivity contribution < 1.29 is 13.5 Å². The first-order valence-electron chi connectivity index (χ1n) is 5.17. The molecule has 0 bridgehead atoms. The number of hydrogen-bond acceptors (Lipinski definition) is 3. The van der Waals surface area contributed by atoms with Gasteiger partial charge in [-0.05, 0) is 19.1 Å². The lowest BCUT2D eigenvalue weighted by Gasteiger charge is -2.28. The molecule has 1 N–H and O–H groups in total. The van der Waals surface area contributed by atoms with Crippen molar-refractivity contribution in [1.29, 1.82) is 0 Å². The summed E-state index contributed by atoms with van der Waals surface area (Å²) in [5.74, 6) is -0.0863. The number of sulfone groups is 1. The van der Waals surface area contributed by atoms with Crippen LogP contribution in [-0.2, 0) is 9.84 Å². The number of hydrogen-bond donors (Lipinski definition) is 1. The van der Waals surface area contributed by atoms with Crippen LogP contribution in [0.4, 0.5) is 0 Å². The van der Waals surface area contributed by atoms with Crippen LogP contribution >= 0.6 is 39.1 Å². The molecule has 0 spiro atoms. The highest BCUT2D eigenvalue weighted by atomic mass is 79.9. The highest BCUT2D eigenvalue weighted by molar-refractivity contribution is 9.11. The molecule has 0 fully saturated rings. The van der Waals surface area contributed by atoms with Gasteiger partial charge in [0.15, 0.2) is 13.5 Å². The van der Waals surface area contributed by atoms with Gasteiger partial charge in [-0.1, -0.05) is 52.1 Å².